The smallest absolute Gasteiger partial charge is 0.243 e. The number of methoxy groups -OCH3 is 2. The summed E-state index contributed by atoms with van der Waals surface area (Å²) in [6, 6.07) is 5.16. The highest BCUT2D eigenvalue weighted by Gasteiger charge is 2.21. The molecule has 8 nitrogen and oxygen atoms in total. The zero-order valence-electron chi connectivity index (χ0n) is 14.3. The number of nitrogens with zero attached hydrogens (tertiary/aromatic N) is 3. The zero-order valence-corrected chi connectivity index (χ0v) is 14.3. The van der Waals surface area contributed by atoms with Crippen LogP contribution in [0.1, 0.15) is 19.3 Å². The molecule has 1 fully saturated rings. The summed E-state index contributed by atoms with van der Waals surface area (Å²) < 4.78 is 10.6. The van der Waals surface area contributed by atoms with Crippen molar-refractivity contribution in [3.05, 3.63) is 24.4 Å². The fraction of sp³-hybridized carbons (Fsp3) is 0.412. The second-order valence-corrected chi connectivity index (χ2v) is 5.72. The molecule has 132 valence electrons. The van der Waals surface area contributed by atoms with Gasteiger partial charge in [-0.05, 0) is 37.5 Å². The maximum Gasteiger partial charge on any atom is 0.243 e. The average molecular weight is 343 g/mol. The van der Waals surface area contributed by atoms with E-state index in [-0.39, 0.29) is 11.9 Å². The van der Waals surface area contributed by atoms with Crippen LogP contribution in [0.15, 0.2) is 24.4 Å². The third kappa shape index (κ3) is 3.96. The van der Waals surface area contributed by atoms with Crippen molar-refractivity contribution in [2.45, 2.75) is 25.3 Å². The maximum absolute atomic E-state index is 12.0. The lowest BCUT2D eigenvalue weighted by atomic mass is 10.1. The van der Waals surface area contributed by atoms with Gasteiger partial charge in [0.2, 0.25) is 11.9 Å². The fourth-order valence-corrected chi connectivity index (χ4v) is 2.73. The molecular weight excluding hydrogens is 322 g/mol. The molecule has 1 aromatic carbocycles. The van der Waals surface area contributed by atoms with Crippen molar-refractivity contribution in [2.75, 3.05) is 26.1 Å². The van der Waals surface area contributed by atoms with Crippen molar-refractivity contribution in [1.82, 2.24) is 20.5 Å². The zero-order chi connectivity index (χ0) is 17.6. The Labute approximate surface area is 146 Å². The van der Waals surface area contributed by atoms with Crippen molar-refractivity contribution in [3.63, 3.8) is 0 Å². The Morgan fingerprint density at radius 3 is 2.84 bits per heavy atom. The van der Waals surface area contributed by atoms with Gasteiger partial charge in [0.25, 0.3) is 0 Å². The van der Waals surface area contributed by atoms with E-state index in [4.69, 9.17) is 9.47 Å². The summed E-state index contributed by atoms with van der Waals surface area (Å²) in [5.74, 6) is 1.55. The molecule has 3 rings (SSSR count). The Balaban J connectivity index is 1.82. The number of nitrogens with one attached hydrogen (secondary N) is 2. The standard InChI is InChI=1S/C17H21N5O3/c1-24-14-7-6-11(9-15(14)25-2)13-10-19-22-17(21-13)20-12-5-3-4-8-18-16(12)23/h6-7,9-10,12H,3-5,8H2,1-2H3,(H,18,23)(H,20,21,22)/t12-/m0/s1. The van der Waals surface area contributed by atoms with Crippen LogP contribution in [0, 0.1) is 0 Å². The minimum Gasteiger partial charge on any atom is -0.493 e. The van der Waals surface area contributed by atoms with Crippen molar-refractivity contribution in [1.29, 1.82) is 0 Å². The lowest BCUT2D eigenvalue weighted by molar-refractivity contribution is -0.121. The minimum absolute atomic E-state index is 0.0300. The SMILES string of the molecule is COc1ccc(-c2cnnc(N[C@H]3CCCCNC3=O)n2)cc1OC. The van der Waals surface area contributed by atoms with Gasteiger partial charge in [-0.25, -0.2) is 4.98 Å². The number of benzene rings is 1. The van der Waals surface area contributed by atoms with E-state index >= 15 is 0 Å². The number of rotatable bonds is 5. The molecule has 0 bridgehead atoms. The van der Waals surface area contributed by atoms with E-state index in [1.807, 2.05) is 18.2 Å². The first-order valence-electron chi connectivity index (χ1n) is 8.17. The van der Waals surface area contributed by atoms with Crippen molar-refractivity contribution in [3.8, 4) is 22.8 Å². The molecule has 2 N–H and O–H groups in total. The van der Waals surface area contributed by atoms with Gasteiger partial charge in [0, 0.05) is 12.1 Å². The Kier molecular flexibility index (Phi) is 5.27. The van der Waals surface area contributed by atoms with Crippen LogP contribution in [0.4, 0.5) is 5.95 Å². The van der Waals surface area contributed by atoms with E-state index in [0.29, 0.717) is 29.7 Å². The molecule has 25 heavy (non-hydrogen) atoms. The van der Waals surface area contributed by atoms with Gasteiger partial charge in [0.15, 0.2) is 11.5 Å². The van der Waals surface area contributed by atoms with E-state index in [0.717, 1.165) is 24.8 Å². The Morgan fingerprint density at radius 2 is 2.04 bits per heavy atom. The van der Waals surface area contributed by atoms with E-state index < -0.39 is 0 Å². The van der Waals surface area contributed by atoms with Crippen molar-refractivity contribution < 1.29 is 14.3 Å². The third-order valence-corrected chi connectivity index (χ3v) is 4.08. The number of hydrogen-bond donors (Lipinski definition) is 2. The summed E-state index contributed by atoms with van der Waals surface area (Å²) in [7, 11) is 3.17. The molecular formula is C17H21N5O3. The Hall–Kier alpha value is -2.90. The highest BCUT2D eigenvalue weighted by Crippen LogP contribution is 2.31. The molecule has 0 spiro atoms. The maximum atomic E-state index is 12.0. The van der Waals surface area contributed by atoms with Gasteiger partial charge in [0.1, 0.15) is 6.04 Å². The second-order valence-electron chi connectivity index (χ2n) is 5.72. The third-order valence-electron chi connectivity index (χ3n) is 4.08. The Bertz CT molecular complexity index is 753. The average Bonchev–Trinajstić information content (AvgIpc) is 2.86. The molecule has 1 atom stereocenters. The number of carbonyl (C=O) groups is 1. The monoisotopic (exact) mass is 343 g/mol. The Morgan fingerprint density at radius 1 is 1.20 bits per heavy atom. The van der Waals surface area contributed by atoms with Crippen LogP contribution in [-0.2, 0) is 4.79 Å². The molecule has 8 heteroatoms. The molecule has 1 aliphatic rings. The number of amides is 1. The molecule has 1 aromatic heterocycles. The van der Waals surface area contributed by atoms with Gasteiger partial charge in [0.05, 0.1) is 26.1 Å². The minimum atomic E-state index is -0.343. The largest absolute Gasteiger partial charge is 0.493 e. The van der Waals surface area contributed by atoms with Gasteiger partial charge in [-0.2, -0.15) is 5.10 Å². The van der Waals surface area contributed by atoms with Gasteiger partial charge in [-0.15, -0.1) is 5.10 Å². The van der Waals surface area contributed by atoms with Gasteiger partial charge >= 0.3 is 0 Å². The quantitative estimate of drug-likeness (QED) is 0.851. The predicted octanol–water partition coefficient (Wildman–Crippen LogP) is 1.64. The molecule has 0 saturated carbocycles. The molecule has 0 radical (unpaired) electrons. The normalized spacial score (nSPS) is 17.4. The van der Waals surface area contributed by atoms with Gasteiger partial charge in [-0.3, -0.25) is 4.79 Å². The molecule has 0 unspecified atom stereocenters. The van der Waals surface area contributed by atoms with Crippen molar-refractivity contribution in [2.24, 2.45) is 0 Å². The summed E-state index contributed by atoms with van der Waals surface area (Å²) in [6.45, 7) is 0.710. The number of carbonyl (C=O) groups excluding carboxylic acids is 1. The highest BCUT2D eigenvalue weighted by molar-refractivity contribution is 5.84. The second kappa shape index (κ2) is 7.78. The molecule has 2 aromatic rings. The molecule has 1 amide bonds. The van der Waals surface area contributed by atoms with E-state index in [2.05, 4.69) is 25.8 Å². The van der Waals surface area contributed by atoms with Crippen LogP contribution < -0.4 is 20.1 Å². The van der Waals surface area contributed by atoms with Crippen LogP contribution in [-0.4, -0.2) is 47.9 Å². The number of hydrogen-bond acceptors (Lipinski definition) is 7. The fourth-order valence-electron chi connectivity index (χ4n) is 2.73. The number of aromatic nitrogens is 3. The molecule has 1 aliphatic heterocycles. The summed E-state index contributed by atoms with van der Waals surface area (Å²) >= 11 is 0. The summed E-state index contributed by atoms with van der Waals surface area (Å²) in [5, 5.41) is 13.9. The lowest BCUT2D eigenvalue weighted by Crippen LogP contribution is -2.38. The first-order valence-corrected chi connectivity index (χ1v) is 8.17. The summed E-state index contributed by atoms with van der Waals surface area (Å²) in [4.78, 5) is 16.5. The highest BCUT2D eigenvalue weighted by atomic mass is 16.5. The van der Waals surface area contributed by atoms with E-state index in [1.54, 1.807) is 20.4 Å². The van der Waals surface area contributed by atoms with E-state index in [1.165, 1.54) is 0 Å². The number of ether oxygens (including phenoxy) is 2. The summed E-state index contributed by atoms with van der Waals surface area (Å²) in [6.07, 6.45) is 4.27. The van der Waals surface area contributed by atoms with Crippen LogP contribution in [0.5, 0.6) is 11.5 Å². The number of anilines is 1. The molecule has 2 heterocycles. The first-order chi connectivity index (χ1) is 12.2. The van der Waals surface area contributed by atoms with Crippen LogP contribution >= 0.6 is 0 Å². The van der Waals surface area contributed by atoms with Gasteiger partial charge in [-0.1, -0.05) is 0 Å². The van der Waals surface area contributed by atoms with Crippen molar-refractivity contribution >= 4 is 11.9 Å². The van der Waals surface area contributed by atoms with Crippen LogP contribution in [0.3, 0.4) is 0 Å². The van der Waals surface area contributed by atoms with Crippen LogP contribution in [0.25, 0.3) is 11.3 Å². The first kappa shape index (κ1) is 16.9. The molecule has 0 aliphatic carbocycles. The van der Waals surface area contributed by atoms with Crippen LogP contribution in [0.2, 0.25) is 0 Å². The molecule has 1 saturated heterocycles. The topological polar surface area (TPSA) is 98.3 Å². The lowest BCUT2D eigenvalue weighted by Gasteiger charge is -2.15. The van der Waals surface area contributed by atoms with E-state index in [9.17, 15) is 4.79 Å². The predicted molar refractivity (Wildman–Crippen MR) is 92.6 cm³/mol. The summed E-state index contributed by atoms with van der Waals surface area (Å²) in [5.41, 5.74) is 1.45. The van der Waals surface area contributed by atoms with Gasteiger partial charge < -0.3 is 20.1 Å².